The first-order valence-corrected chi connectivity index (χ1v) is 15.2. The topological polar surface area (TPSA) is 142 Å². The monoisotopic (exact) mass is 617 g/mol. The van der Waals surface area contributed by atoms with Gasteiger partial charge in [0, 0.05) is 16.7 Å². The van der Waals surface area contributed by atoms with E-state index < -0.39 is 12.1 Å². The number of thiocarbonyl (C=S) groups is 1. The van der Waals surface area contributed by atoms with Gasteiger partial charge < -0.3 is 15.4 Å². The highest BCUT2D eigenvalue weighted by atomic mass is 32.2. The molecule has 1 saturated heterocycles. The van der Waals surface area contributed by atoms with Gasteiger partial charge in [-0.2, -0.15) is 15.4 Å². The number of thioether (sulfide) groups is 1. The van der Waals surface area contributed by atoms with E-state index in [0.717, 1.165) is 11.1 Å². The van der Waals surface area contributed by atoms with Gasteiger partial charge in [-0.3, -0.25) is 19.3 Å². The number of carbonyl (C=O) groups excluding carboxylic acids is 3. The number of aromatic nitrogens is 4. The molecule has 212 valence electrons. The number of nitrogens with one attached hydrogen (secondary N) is 3. The minimum Gasteiger partial charge on any atom is -0.469 e. The van der Waals surface area contributed by atoms with Gasteiger partial charge in [0.05, 0.1) is 18.3 Å². The highest BCUT2D eigenvalue weighted by Gasteiger charge is 2.54. The molecule has 2 aromatic carbocycles. The number of rotatable bonds is 10. The number of nitrogens with zero attached hydrogens (tertiary/aromatic N) is 4. The third-order valence-corrected chi connectivity index (χ3v) is 9.10. The van der Waals surface area contributed by atoms with Gasteiger partial charge in [-0.05, 0) is 23.3 Å². The SMILES string of the molecule is O=CNc1nc(CC(=O)N[C@@H]2C(=O)N3C(C(=S)OC(c4ccccc4)c4ccccc4)=C(c4cn[nH]n4)CS[C@H]23)cs1. The van der Waals surface area contributed by atoms with E-state index in [1.165, 1.54) is 23.1 Å². The van der Waals surface area contributed by atoms with Crippen molar-refractivity contribution in [1.29, 1.82) is 0 Å². The van der Waals surface area contributed by atoms with Gasteiger partial charge in [-0.25, -0.2) is 4.98 Å². The zero-order valence-corrected chi connectivity index (χ0v) is 24.2. The number of hydrogen-bond donors (Lipinski definition) is 3. The van der Waals surface area contributed by atoms with Crippen LogP contribution in [-0.4, -0.2) is 65.7 Å². The third-order valence-electron chi connectivity index (χ3n) is 6.71. The number of benzene rings is 2. The van der Waals surface area contributed by atoms with Crippen molar-refractivity contribution >= 4 is 69.3 Å². The highest BCUT2D eigenvalue weighted by Crippen LogP contribution is 2.44. The molecule has 2 aliphatic rings. The molecule has 0 radical (unpaired) electrons. The van der Waals surface area contributed by atoms with Crippen LogP contribution in [0, 0.1) is 0 Å². The predicted octanol–water partition coefficient (Wildman–Crippen LogP) is 3.32. The number of hydrogen-bond acceptors (Lipinski definition) is 10. The van der Waals surface area contributed by atoms with Crippen molar-refractivity contribution in [2.75, 3.05) is 11.1 Å². The minimum absolute atomic E-state index is 0.0254. The van der Waals surface area contributed by atoms with Crippen molar-refractivity contribution in [3.8, 4) is 0 Å². The molecule has 0 unspecified atom stereocenters. The number of carbonyl (C=O) groups is 3. The molecule has 0 bridgehead atoms. The molecule has 2 aromatic heterocycles. The standard InChI is InChI=1S/C28H23N7O4S3/c36-15-29-28-31-18(13-42-28)11-21(37)32-22-25(38)35-23(19(14-41-26(22)35)20-12-30-34-33-20)27(40)39-24(16-7-3-1-4-8-16)17-9-5-2-6-10-17/h1-10,12-13,15,22,24,26H,11,14H2,(H,32,37)(H,29,31,36)(H,30,33,34)/t22-,26-/m1/s1. The zero-order valence-electron chi connectivity index (χ0n) is 21.8. The van der Waals surface area contributed by atoms with Crippen molar-refractivity contribution in [2.45, 2.75) is 23.9 Å². The van der Waals surface area contributed by atoms with Crippen LogP contribution in [0.25, 0.3) is 5.57 Å². The summed E-state index contributed by atoms with van der Waals surface area (Å²) in [6.45, 7) is 0. The molecular formula is C28H23N7O4S3. The fourth-order valence-corrected chi connectivity index (χ4v) is 7.14. The average molecular weight is 618 g/mol. The Hall–Kier alpha value is -4.40. The van der Waals surface area contributed by atoms with E-state index in [1.54, 1.807) is 16.5 Å². The molecule has 1 fully saturated rings. The Morgan fingerprint density at radius 2 is 1.88 bits per heavy atom. The summed E-state index contributed by atoms with van der Waals surface area (Å²) in [5.74, 6) is -0.183. The summed E-state index contributed by atoms with van der Waals surface area (Å²) in [6, 6.07) is 18.7. The number of ether oxygens (including phenoxy) is 1. The molecule has 42 heavy (non-hydrogen) atoms. The van der Waals surface area contributed by atoms with Gasteiger partial charge in [0.25, 0.3) is 5.91 Å². The normalized spacial score (nSPS) is 17.8. The van der Waals surface area contributed by atoms with Crippen LogP contribution in [0.15, 0.2) is 77.9 Å². The molecule has 0 aliphatic carbocycles. The smallest absolute Gasteiger partial charge is 0.253 e. The van der Waals surface area contributed by atoms with E-state index >= 15 is 0 Å². The summed E-state index contributed by atoms with van der Waals surface area (Å²) in [7, 11) is 0. The second-order valence-corrected chi connectivity index (χ2v) is 11.7. The maximum Gasteiger partial charge on any atom is 0.253 e. The summed E-state index contributed by atoms with van der Waals surface area (Å²) >= 11 is 8.60. The summed E-state index contributed by atoms with van der Waals surface area (Å²) in [4.78, 5) is 42.8. The Morgan fingerprint density at radius 1 is 1.17 bits per heavy atom. The predicted molar refractivity (Wildman–Crippen MR) is 162 cm³/mol. The van der Waals surface area contributed by atoms with Crippen LogP contribution in [-0.2, 0) is 25.5 Å². The van der Waals surface area contributed by atoms with Crippen LogP contribution in [0.5, 0.6) is 0 Å². The lowest BCUT2D eigenvalue weighted by Gasteiger charge is -2.50. The van der Waals surface area contributed by atoms with Crippen LogP contribution in [0.1, 0.15) is 28.6 Å². The lowest BCUT2D eigenvalue weighted by atomic mass is 10.00. The van der Waals surface area contributed by atoms with Crippen LogP contribution >= 0.6 is 35.3 Å². The molecular weight excluding hydrogens is 595 g/mol. The van der Waals surface area contributed by atoms with Crippen LogP contribution < -0.4 is 10.6 Å². The van der Waals surface area contributed by atoms with E-state index in [-0.39, 0.29) is 28.7 Å². The third kappa shape index (κ3) is 5.55. The largest absolute Gasteiger partial charge is 0.469 e. The number of amides is 3. The second kappa shape index (κ2) is 12.2. The second-order valence-electron chi connectivity index (χ2n) is 9.33. The summed E-state index contributed by atoms with van der Waals surface area (Å²) in [5.41, 5.74) is 4.03. The molecule has 6 rings (SSSR count). The first-order valence-electron chi connectivity index (χ1n) is 12.8. The molecule has 2 atom stereocenters. The van der Waals surface area contributed by atoms with Gasteiger partial charge in [0.2, 0.25) is 17.4 Å². The van der Waals surface area contributed by atoms with E-state index in [1.807, 2.05) is 60.7 Å². The number of H-pyrrole nitrogens is 1. The molecule has 14 heteroatoms. The summed E-state index contributed by atoms with van der Waals surface area (Å²) in [5, 5.41) is 18.0. The quantitative estimate of drug-likeness (QED) is 0.139. The first-order chi connectivity index (χ1) is 20.5. The van der Waals surface area contributed by atoms with Crippen molar-refractivity contribution in [3.05, 3.63) is 100 Å². The van der Waals surface area contributed by atoms with Gasteiger partial charge >= 0.3 is 0 Å². The molecule has 0 saturated carbocycles. The van der Waals surface area contributed by atoms with Gasteiger partial charge in [-0.1, -0.05) is 60.7 Å². The summed E-state index contributed by atoms with van der Waals surface area (Å²) < 4.78 is 6.50. The summed E-state index contributed by atoms with van der Waals surface area (Å²) in [6.07, 6.45) is 1.57. The van der Waals surface area contributed by atoms with E-state index in [4.69, 9.17) is 17.0 Å². The molecule has 3 amide bonds. The fraction of sp³-hybridized carbons (Fsp3) is 0.179. The van der Waals surface area contributed by atoms with Crippen LogP contribution in [0.4, 0.5) is 5.13 Å². The molecule has 3 N–H and O–H groups in total. The van der Waals surface area contributed by atoms with Crippen LogP contribution in [0.2, 0.25) is 0 Å². The Balaban J connectivity index is 1.25. The van der Waals surface area contributed by atoms with Crippen LogP contribution in [0.3, 0.4) is 0 Å². The maximum absolute atomic E-state index is 13.6. The number of anilines is 1. The highest BCUT2D eigenvalue weighted by molar-refractivity contribution is 8.00. The van der Waals surface area contributed by atoms with Crippen molar-refractivity contribution in [3.63, 3.8) is 0 Å². The zero-order chi connectivity index (χ0) is 29.1. The van der Waals surface area contributed by atoms with Crippen molar-refractivity contribution < 1.29 is 19.1 Å². The molecule has 4 heterocycles. The Morgan fingerprint density at radius 3 is 2.52 bits per heavy atom. The Kier molecular flexibility index (Phi) is 8.08. The van der Waals surface area contributed by atoms with Gasteiger partial charge in [0.15, 0.2) is 5.13 Å². The molecule has 2 aliphatic heterocycles. The number of thiazole rings is 1. The van der Waals surface area contributed by atoms with Crippen molar-refractivity contribution in [2.24, 2.45) is 0 Å². The van der Waals surface area contributed by atoms with Gasteiger partial charge in [0.1, 0.15) is 28.9 Å². The average Bonchev–Trinajstić information content (AvgIpc) is 3.71. The number of β-lactam (4-membered cyclic amide) rings is 1. The fourth-order valence-electron chi connectivity index (χ4n) is 4.79. The molecule has 0 spiro atoms. The van der Waals surface area contributed by atoms with E-state index in [9.17, 15) is 14.4 Å². The molecule has 11 nitrogen and oxygen atoms in total. The van der Waals surface area contributed by atoms with E-state index in [0.29, 0.717) is 40.0 Å². The van der Waals surface area contributed by atoms with Crippen molar-refractivity contribution in [1.82, 2.24) is 30.6 Å². The van der Waals surface area contributed by atoms with Gasteiger partial charge in [-0.15, -0.1) is 23.1 Å². The Labute approximate surface area is 253 Å². The number of aromatic amines is 1. The maximum atomic E-state index is 13.6. The number of fused-ring (bicyclic) bond motifs is 1. The lowest BCUT2D eigenvalue weighted by molar-refractivity contribution is -0.145. The first kappa shape index (κ1) is 27.8. The Bertz CT molecular complexity index is 1600. The molecule has 4 aromatic rings. The van der Waals surface area contributed by atoms with E-state index in [2.05, 4.69) is 31.0 Å². The minimum atomic E-state index is -0.746. The lowest BCUT2D eigenvalue weighted by Crippen LogP contribution is -2.70.